The summed E-state index contributed by atoms with van der Waals surface area (Å²) in [6, 6.07) is 31.7. The van der Waals surface area contributed by atoms with Gasteiger partial charge in [-0.25, -0.2) is 0 Å². The van der Waals surface area contributed by atoms with Crippen molar-refractivity contribution in [3.8, 4) is 22.3 Å². The van der Waals surface area contributed by atoms with Gasteiger partial charge in [-0.05, 0) is 0 Å². The van der Waals surface area contributed by atoms with Gasteiger partial charge in [0, 0.05) is 0 Å². The minimum atomic E-state index is -4.68. The Morgan fingerprint density at radius 1 is 0.750 bits per heavy atom. The van der Waals surface area contributed by atoms with Crippen molar-refractivity contribution in [2.75, 3.05) is 0 Å². The predicted molar refractivity (Wildman–Crippen MR) is 195 cm³/mol. The Morgan fingerprint density at radius 2 is 1.32 bits per heavy atom. The van der Waals surface area contributed by atoms with E-state index >= 15 is 0 Å². The first-order valence-corrected chi connectivity index (χ1v) is 32.6. The summed E-state index contributed by atoms with van der Waals surface area (Å²) in [6.07, 6.45) is 9.33. The Balaban J connectivity index is 1.50. The molecule has 0 saturated heterocycles. The van der Waals surface area contributed by atoms with E-state index < -0.39 is 21.5 Å². The van der Waals surface area contributed by atoms with Crippen LogP contribution in [-0.4, -0.2) is 5.92 Å². The van der Waals surface area contributed by atoms with Crippen LogP contribution in [0.15, 0.2) is 96.6 Å². The fraction of sp³-hybridized carbons (Fsp3) is 0.300. The molecule has 2 atom stereocenters. The third-order valence-electron chi connectivity index (χ3n) is 10.3. The predicted octanol–water partition coefficient (Wildman–Crippen LogP) is 12.6. The molecule has 6 rings (SSSR count). The van der Waals surface area contributed by atoms with Crippen molar-refractivity contribution in [3.05, 3.63) is 130 Å². The van der Waals surface area contributed by atoms with Crippen LogP contribution >= 0.6 is 17.0 Å². The first-order valence-electron chi connectivity index (χ1n) is 16.2. The van der Waals surface area contributed by atoms with E-state index in [0.717, 1.165) is 12.8 Å². The molecule has 0 heterocycles. The fourth-order valence-electron chi connectivity index (χ4n) is 7.70. The molecule has 0 aliphatic heterocycles. The van der Waals surface area contributed by atoms with E-state index in [0.29, 0.717) is 0 Å². The van der Waals surface area contributed by atoms with Crippen molar-refractivity contribution < 1.29 is 15.6 Å². The summed E-state index contributed by atoms with van der Waals surface area (Å²) in [5.74, 6) is -1.57. The number of allylic oxidation sites excluding steroid dienone is 2. The van der Waals surface area contributed by atoms with Crippen LogP contribution in [0.3, 0.4) is 0 Å². The number of halogens is 2. The van der Waals surface area contributed by atoms with Crippen molar-refractivity contribution >= 4 is 35.1 Å². The minimum absolute atomic E-state index is 0.0921. The molecule has 4 aromatic carbocycles. The molecule has 2 aliphatic carbocycles. The van der Waals surface area contributed by atoms with Gasteiger partial charge in [0.25, 0.3) is 0 Å². The van der Waals surface area contributed by atoms with E-state index in [1.54, 1.807) is 0 Å². The standard InChI is InChI=1S/2C19H19.C2H7Si.2ClH.Zr/c1-19(2,3)16-12-10-15(11-13-16)18-9-5-7-14-6-4-8-17(14)18;1-3-5-15-12-17-6-4-7-18(19(17)13-15)16-10-8-14(2)9-11-16;1-3-2;;;/h4-13H,1-3H3;4,6-13H,3,5H2,1-2H3;3H,1-2H3;2*1H;/q;;;;;+2/p-2. The van der Waals surface area contributed by atoms with Gasteiger partial charge >= 0.3 is 276 Å². The zero-order valence-corrected chi connectivity index (χ0v) is 32.3. The third-order valence-corrected chi connectivity index (χ3v) is 62.3. The van der Waals surface area contributed by atoms with Crippen molar-refractivity contribution in [2.24, 2.45) is 0 Å². The third kappa shape index (κ3) is 5.23. The second-order valence-electron chi connectivity index (χ2n) is 14.4. The van der Waals surface area contributed by atoms with Gasteiger partial charge in [0.2, 0.25) is 0 Å². The maximum absolute atomic E-state index is 8.46. The van der Waals surface area contributed by atoms with Crippen LogP contribution in [0, 0.1) is 6.92 Å². The van der Waals surface area contributed by atoms with Crippen LogP contribution in [0.5, 0.6) is 0 Å². The van der Waals surface area contributed by atoms with Gasteiger partial charge in [0.05, 0.1) is 0 Å². The maximum atomic E-state index is 8.46. The summed E-state index contributed by atoms with van der Waals surface area (Å²) in [6.45, 7) is 16.1. The molecule has 227 valence electrons. The molecule has 0 amide bonds. The molecular formula is C40H45Cl2SiZr. The van der Waals surface area contributed by atoms with Crippen LogP contribution in [-0.2, 0) is 21.0 Å². The van der Waals surface area contributed by atoms with Gasteiger partial charge in [-0.15, -0.1) is 0 Å². The van der Waals surface area contributed by atoms with E-state index in [-0.39, 0.29) is 12.7 Å². The van der Waals surface area contributed by atoms with Gasteiger partial charge < -0.3 is 0 Å². The number of rotatable bonds is 7. The van der Waals surface area contributed by atoms with Crippen LogP contribution in [0.1, 0.15) is 81.2 Å². The number of benzene rings is 4. The van der Waals surface area contributed by atoms with Crippen LogP contribution < -0.4 is 0 Å². The Kier molecular flexibility index (Phi) is 8.50. The topological polar surface area (TPSA) is 0 Å². The van der Waals surface area contributed by atoms with Gasteiger partial charge in [-0.3, -0.25) is 0 Å². The van der Waals surface area contributed by atoms with Crippen LogP contribution in [0.25, 0.3) is 34.4 Å². The second-order valence-corrected chi connectivity index (χ2v) is 57.0. The molecule has 4 aromatic rings. The average molecular weight is 716 g/mol. The van der Waals surface area contributed by atoms with Crippen LogP contribution in [0.4, 0.5) is 0 Å². The van der Waals surface area contributed by atoms with Crippen molar-refractivity contribution in [1.29, 1.82) is 0 Å². The molecule has 0 saturated carbocycles. The van der Waals surface area contributed by atoms with E-state index in [9.17, 15) is 0 Å². The number of hydrogen-bond donors (Lipinski definition) is 0. The van der Waals surface area contributed by atoms with Gasteiger partial charge in [-0.2, -0.15) is 0 Å². The zero-order chi connectivity index (χ0) is 31.5. The Hall–Kier alpha value is -1.96. The molecule has 4 heteroatoms. The first kappa shape index (κ1) is 32.0. The quantitative estimate of drug-likeness (QED) is 0.167. The van der Waals surface area contributed by atoms with E-state index in [1.807, 2.05) is 0 Å². The molecule has 0 spiro atoms. The second kappa shape index (κ2) is 11.7. The molecular weight excluding hydrogens is 671 g/mol. The van der Waals surface area contributed by atoms with E-state index in [4.69, 9.17) is 17.0 Å². The molecule has 0 fully saturated rings. The summed E-state index contributed by atoms with van der Waals surface area (Å²) >= 11 is -4.68. The molecule has 0 bridgehead atoms. The molecule has 0 N–H and O–H groups in total. The SMILES string of the molecule is CCCC1=Cc2c(-c3ccc(C)cc3)cccc2[CH]1[Zr]([Cl])([Cl])([CH]1C=Cc2c(-c3ccc(C(C)(C)C)cc3)cccc21)[SiH](C)C. The average Bonchev–Trinajstić information content (AvgIpc) is 3.60. The molecule has 44 heavy (non-hydrogen) atoms. The Labute approximate surface area is 274 Å². The Morgan fingerprint density at radius 3 is 1.89 bits per heavy atom. The van der Waals surface area contributed by atoms with E-state index in [1.165, 1.54) is 61.2 Å². The van der Waals surface area contributed by atoms with Crippen molar-refractivity contribution in [3.63, 3.8) is 0 Å². The normalized spacial score (nSPS) is 18.6. The molecule has 0 radical (unpaired) electrons. The summed E-state index contributed by atoms with van der Waals surface area (Å²) in [5.41, 5.74) is 14.6. The number of aryl methyl sites for hydroxylation is 1. The van der Waals surface area contributed by atoms with Crippen molar-refractivity contribution in [1.82, 2.24) is 0 Å². The monoisotopic (exact) mass is 713 g/mol. The number of hydrogen-bond acceptors (Lipinski definition) is 0. The molecule has 2 unspecified atom stereocenters. The van der Waals surface area contributed by atoms with Gasteiger partial charge in [-0.1, -0.05) is 0 Å². The summed E-state index contributed by atoms with van der Waals surface area (Å²) in [7, 11) is 16.9. The van der Waals surface area contributed by atoms with Crippen LogP contribution in [0.2, 0.25) is 13.1 Å². The fourth-order valence-corrected chi connectivity index (χ4v) is 37.1. The zero-order valence-electron chi connectivity index (χ0n) is 27.2. The van der Waals surface area contributed by atoms with Gasteiger partial charge in [0.1, 0.15) is 0 Å². The molecule has 2 aliphatic rings. The van der Waals surface area contributed by atoms with Gasteiger partial charge in [0.15, 0.2) is 0 Å². The van der Waals surface area contributed by atoms with Crippen molar-refractivity contribution in [2.45, 2.75) is 73.2 Å². The summed E-state index contributed by atoms with van der Waals surface area (Å²) in [5, 5.41) is 0. The molecule has 0 nitrogen and oxygen atoms in total. The summed E-state index contributed by atoms with van der Waals surface area (Å²) in [4.78, 5) is 0. The first-order chi connectivity index (χ1) is 20.8. The summed E-state index contributed by atoms with van der Waals surface area (Å²) < 4.78 is 0.219. The number of fused-ring (bicyclic) bond motifs is 2. The Bertz CT molecular complexity index is 1770. The van der Waals surface area contributed by atoms with E-state index in [2.05, 4.69) is 151 Å². The molecule has 0 aromatic heterocycles.